The second-order valence-electron chi connectivity index (χ2n) is 5.99. The second kappa shape index (κ2) is 7.18. The van der Waals surface area contributed by atoms with Crippen LogP contribution in [0.5, 0.6) is 0 Å². The van der Waals surface area contributed by atoms with Gasteiger partial charge in [0.25, 0.3) is 0 Å². The lowest BCUT2D eigenvalue weighted by molar-refractivity contribution is -0.127. The Bertz CT molecular complexity index is 841. The van der Waals surface area contributed by atoms with Gasteiger partial charge in [-0.25, -0.2) is 0 Å². The first-order chi connectivity index (χ1) is 12.1. The topological polar surface area (TPSA) is 49.4 Å². The first-order valence-electron chi connectivity index (χ1n) is 8.15. The zero-order chi connectivity index (χ0) is 17.8. The number of fused-ring (bicyclic) bond motifs is 1. The lowest BCUT2D eigenvalue weighted by Crippen LogP contribution is -2.37. The molecule has 25 heavy (non-hydrogen) atoms. The van der Waals surface area contributed by atoms with Crippen molar-refractivity contribution in [2.75, 3.05) is 11.9 Å². The Labute approximate surface area is 147 Å². The Balaban J connectivity index is 1.98. The van der Waals surface area contributed by atoms with Crippen LogP contribution in [0.15, 0.2) is 73.8 Å². The van der Waals surface area contributed by atoms with Gasteiger partial charge >= 0.3 is 0 Å². The summed E-state index contributed by atoms with van der Waals surface area (Å²) >= 11 is 0. The first kappa shape index (κ1) is 16.7. The summed E-state index contributed by atoms with van der Waals surface area (Å²) in [6, 6.07) is 15.9. The third-order valence-corrected chi connectivity index (χ3v) is 4.42. The predicted molar refractivity (Wildman–Crippen MR) is 99.2 cm³/mol. The van der Waals surface area contributed by atoms with E-state index in [0.29, 0.717) is 18.8 Å². The van der Waals surface area contributed by atoms with Crippen LogP contribution in [0.3, 0.4) is 0 Å². The van der Waals surface area contributed by atoms with Gasteiger partial charge in [-0.1, -0.05) is 49.6 Å². The Hall–Kier alpha value is -3.14. The minimum absolute atomic E-state index is 0.0504. The summed E-state index contributed by atoms with van der Waals surface area (Å²) in [4.78, 5) is 25.5. The molecular weight excluding hydrogens is 312 g/mol. The summed E-state index contributed by atoms with van der Waals surface area (Å²) in [6.07, 6.45) is 2.60. The third-order valence-electron chi connectivity index (χ3n) is 4.42. The zero-order valence-corrected chi connectivity index (χ0v) is 13.9. The molecule has 0 aliphatic carbocycles. The van der Waals surface area contributed by atoms with Gasteiger partial charge in [-0.05, 0) is 41.0 Å². The highest BCUT2D eigenvalue weighted by molar-refractivity contribution is 5.98. The molecule has 1 aliphatic rings. The number of carbonyl (C=O) groups is 2. The Morgan fingerprint density at radius 1 is 1.08 bits per heavy atom. The van der Waals surface area contributed by atoms with Crippen LogP contribution in [0.2, 0.25) is 0 Å². The number of nitrogens with one attached hydrogen (secondary N) is 1. The molecule has 0 fully saturated rings. The molecule has 0 saturated heterocycles. The molecule has 4 nitrogen and oxygen atoms in total. The highest BCUT2D eigenvalue weighted by Gasteiger charge is 2.28. The molecule has 0 aromatic heterocycles. The van der Waals surface area contributed by atoms with E-state index in [4.69, 9.17) is 0 Å². The second-order valence-corrected chi connectivity index (χ2v) is 5.99. The fourth-order valence-electron chi connectivity index (χ4n) is 3.22. The van der Waals surface area contributed by atoms with Crippen LogP contribution in [0.1, 0.15) is 22.6 Å². The average molecular weight is 332 g/mol. The normalized spacial score (nSPS) is 15.8. The monoisotopic (exact) mass is 332 g/mol. The summed E-state index contributed by atoms with van der Waals surface area (Å²) in [5.41, 5.74) is 4.11. The molecule has 0 spiro atoms. The summed E-state index contributed by atoms with van der Waals surface area (Å²) in [5, 5.41) is 2.79. The average Bonchev–Trinajstić information content (AvgIpc) is 2.66. The summed E-state index contributed by atoms with van der Waals surface area (Å²) in [7, 11) is 0. The summed E-state index contributed by atoms with van der Waals surface area (Å²) in [6.45, 7) is 8.24. The number of nitrogens with zero attached hydrogens (tertiary/aromatic N) is 1. The maximum atomic E-state index is 12.1. The van der Waals surface area contributed by atoms with Crippen LogP contribution in [0, 0.1) is 0 Å². The number of amides is 2. The fraction of sp³-hybridized carbons (Fsp3) is 0.143. The van der Waals surface area contributed by atoms with Gasteiger partial charge in [0.1, 0.15) is 0 Å². The Kier molecular flexibility index (Phi) is 4.80. The number of rotatable bonds is 4. The largest absolute Gasteiger partial charge is 0.334 e. The van der Waals surface area contributed by atoms with Crippen molar-refractivity contribution in [2.24, 2.45) is 0 Å². The molecule has 1 N–H and O–H groups in total. The summed E-state index contributed by atoms with van der Waals surface area (Å²) < 4.78 is 0. The van der Waals surface area contributed by atoms with Crippen molar-refractivity contribution in [2.45, 2.75) is 12.5 Å². The summed E-state index contributed by atoms with van der Waals surface area (Å²) in [5.74, 6) is -0.269. The molecule has 2 aromatic rings. The van der Waals surface area contributed by atoms with Crippen molar-refractivity contribution >= 4 is 17.5 Å². The number of anilines is 1. The lowest BCUT2D eigenvalue weighted by atomic mass is 9.84. The van der Waals surface area contributed by atoms with Gasteiger partial charge in [0.05, 0.1) is 0 Å². The maximum Gasteiger partial charge on any atom is 0.247 e. The SMILES string of the molecule is C=CC(=O)Nc1cccc([C@@H]2CN(C(=O)C=C)Cc3ccccc32)c1. The predicted octanol–water partition coefficient (Wildman–Crippen LogP) is 3.47. The first-order valence-corrected chi connectivity index (χ1v) is 8.15. The molecule has 2 aromatic carbocycles. The lowest BCUT2D eigenvalue weighted by Gasteiger charge is -2.34. The molecule has 1 heterocycles. The molecule has 1 aliphatic heterocycles. The van der Waals surface area contributed by atoms with E-state index in [-0.39, 0.29) is 17.7 Å². The van der Waals surface area contributed by atoms with Crippen molar-refractivity contribution in [1.29, 1.82) is 0 Å². The van der Waals surface area contributed by atoms with Gasteiger partial charge in [-0.3, -0.25) is 9.59 Å². The van der Waals surface area contributed by atoms with Crippen LogP contribution >= 0.6 is 0 Å². The van der Waals surface area contributed by atoms with E-state index in [9.17, 15) is 9.59 Å². The Morgan fingerprint density at radius 3 is 2.64 bits per heavy atom. The van der Waals surface area contributed by atoms with Crippen molar-refractivity contribution in [3.8, 4) is 0 Å². The number of carbonyl (C=O) groups excluding carboxylic acids is 2. The van der Waals surface area contributed by atoms with Crippen molar-refractivity contribution < 1.29 is 9.59 Å². The van der Waals surface area contributed by atoms with Gasteiger partial charge < -0.3 is 10.2 Å². The van der Waals surface area contributed by atoms with Crippen LogP contribution in [-0.2, 0) is 16.1 Å². The minimum atomic E-state index is -0.246. The van der Waals surface area contributed by atoms with E-state index in [1.54, 1.807) is 4.90 Å². The molecule has 4 heteroatoms. The van der Waals surface area contributed by atoms with Crippen LogP contribution < -0.4 is 5.32 Å². The van der Waals surface area contributed by atoms with Gasteiger partial charge in [0.2, 0.25) is 11.8 Å². The molecule has 0 radical (unpaired) electrons. The fourth-order valence-corrected chi connectivity index (χ4v) is 3.22. The minimum Gasteiger partial charge on any atom is -0.334 e. The van der Waals surface area contributed by atoms with Crippen molar-refractivity contribution in [1.82, 2.24) is 4.90 Å². The quantitative estimate of drug-likeness (QED) is 0.872. The van der Waals surface area contributed by atoms with Crippen molar-refractivity contribution in [3.05, 3.63) is 90.5 Å². The number of hydrogen-bond donors (Lipinski definition) is 1. The van der Waals surface area contributed by atoms with E-state index in [1.165, 1.54) is 17.7 Å². The van der Waals surface area contributed by atoms with E-state index in [0.717, 1.165) is 11.1 Å². The van der Waals surface area contributed by atoms with E-state index in [2.05, 4.69) is 24.5 Å². The molecule has 0 unspecified atom stereocenters. The van der Waals surface area contributed by atoms with Gasteiger partial charge in [0, 0.05) is 24.7 Å². The van der Waals surface area contributed by atoms with Gasteiger partial charge in [-0.15, -0.1) is 0 Å². The van der Waals surface area contributed by atoms with Crippen LogP contribution in [0.25, 0.3) is 0 Å². The zero-order valence-electron chi connectivity index (χ0n) is 13.9. The molecule has 0 saturated carbocycles. The molecule has 0 bridgehead atoms. The van der Waals surface area contributed by atoms with E-state index < -0.39 is 0 Å². The Morgan fingerprint density at radius 2 is 1.88 bits per heavy atom. The molecule has 1 atom stereocenters. The maximum absolute atomic E-state index is 12.1. The molecular formula is C21H20N2O2. The highest BCUT2D eigenvalue weighted by Crippen LogP contribution is 2.34. The standard InChI is InChI=1S/C21H20N2O2/c1-3-20(24)22-17-10-7-9-15(12-17)19-14-23(21(25)4-2)13-16-8-5-6-11-18(16)19/h3-12,19H,1-2,13-14H2,(H,22,24)/t19-/m0/s1. The molecule has 3 rings (SSSR count). The highest BCUT2D eigenvalue weighted by atomic mass is 16.2. The van der Waals surface area contributed by atoms with Crippen LogP contribution in [0.4, 0.5) is 5.69 Å². The molecule has 126 valence electrons. The number of hydrogen-bond acceptors (Lipinski definition) is 2. The van der Waals surface area contributed by atoms with Gasteiger partial charge in [-0.2, -0.15) is 0 Å². The van der Waals surface area contributed by atoms with Crippen molar-refractivity contribution in [3.63, 3.8) is 0 Å². The third kappa shape index (κ3) is 3.53. The van der Waals surface area contributed by atoms with E-state index in [1.807, 2.05) is 42.5 Å². The van der Waals surface area contributed by atoms with E-state index >= 15 is 0 Å². The molecule has 2 amide bonds. The number of benzene rings is 2. The van der Waals surface area contributed by atoms with Crippen LogP contribution in [-0.4, -0.2) is 23.3 Å². The van der Waals surface area contributed by atoms with Gasteiger partial charge in [0.15, 0.2) is 0 Å². The smallest absolute Gasteiger partial charge is 0.247 e.